The van der Waals surface area contributed by atoms with Crippen molar-refractivity contribution in [3.63, 3.8) is 0 Å². The molecule has 0 saturated heterocycles. The first-order valence-electron chi connectivity index (χ1n) is 8.29. The highest BCUT2D eigenvalue weighted by Crippen LogP contribution is 2.27. The molecule has 0 fully saturated rings. The number of furan rings is 1. The van der Waals surface area contributed by atoms with Gasteiger partial charge in [0, 0.05) is 23.4 Å². The zero-order chi connectivity index (χ0) is 18.6. The second-order valence-electron chi connectivity index (χ2n) is 5.77. The number of carbonyl (C=O) groups excluding carboxylic acids is 1. The number of carbonyl (C=O) groups is 1. The maximum absolute atomic E-state index is 12.0. The van der Waals surface area contributed by atoms with Gasteiger partial charge in [0.15, 0.2) is 5.58 Å². The van der Waals surface area contributed by atoms with Crippen LogP contribution in [0.25, 0.3) is 28.6 Å². The summed E-state index contributed by atoms with van der Waals surface area (Å²) in [4.78, 5) is 16.4. The van der Waals surface area contributed by atoms with E-state index in [9.17, 15) is 4.79 Å². The zero-order valence-corrected chi connectivity index (χ0v) is 14.5. The molecule has 6 nitrogen and oxygen atoms in total. The molecule has 4 aromatic rings. The highest BCUT2D eigenvalue weighted by molar-refractivity contribution is 6.01. The van der Waals surface area contributed by atoms with Crippen molar-refractivity contribution < 1.29 is 18.4 Å². The predicted molar refractivity (Wildman–Crippen MR) is 102 cm³/mol. The molecule has 2 aromatic heterocycles. The second kappa shape index (κ2) is 7.21. The Kier molecular flexibility index (Phi) is 4.45. The van der Waals surface area contributed by atoms with E-state index in [4.69, 9.17) is 13.6 Å². The van der Waals surface area contributed by atoms with Crippen molar-refractivity contribution in [2.75, 3.05) is 12.4 Å². The normalized spacial score (nSPS) is 11.1. The summed E-state index contributed by atoms with van der Waals surface area (Å²) in [6.07, 6.45) is 4.58. The molecule has 0 radical (unpaired) electrons. The van der Waals surface area contributed by atoms with Crippen LogP contribution in [0.1, 0.15) is 5.76 Å². The quantitative estimate of drug-likeness (QED) is 0.520. The number of nitrogens with zero attached hydrogens (tertiary/aromatic N) is 1. The van der Waals surface area contributed by atoms with Gasteiger partial charge in [-0.2, -0.15) is 0 Å². The van der Waals surface area contributed by atoms with Gasteiger partial charge in [0.2, 0.25) is 11.8 Å². The molecular weight excluding hydrogens is 344 g/mol. The molecule has 2 aromatic carbocycles. The molecule has 27 heavy (non-hydrogen) atoms. The van der Waals surface area contributed by atoms with E-state index in [0.29, 0.717) is 22.9 Å². The molecule has 0 aliphatic rings. The van der Waals surface area contributed by atoms with Gasteiger partial charge in [-0.05, 0) is 54.6 Å². The molecule has 0 unspecified atom stereocenters. The smallest absolute Gasteiger partial charge is 0.248 e. The van der Waals surface area contributed by atoms with E-state index in [1.54, 1.807) is 43.7 Å². The Labute approximate surface area is 155 Å². The van der Waals surface area contributed by atoms with Crippen LogP contribution in [-0.4, -0.2) is 18.0 Å². The molecule has 1 N–H and O–H groups in total. The van der Waals surface area contributed by atoms with Crippen molar-refractivity contribution in [2.45, 2.75) is 0 Å². The minimum atomic E-state index is -0.242. The maximum Gasteiger partial charge on any atom is 0.248 e. The lowest BCUT2D eigenvalue weighted by atomic mass is 10.2. The van der Waals surface area contributed by atoms with Crippen LogP contribution in [0.4, 0.5) is 5.69 Å². The highest BCUT2D eigenvalue weighted by atomic mass is 16.5. The molecule has 0 spiro atoms. The van der Waals surface area contributed by atoms with Crippen molar-refractivity contribution in [3.8, 4) is 17.2 Å². The van der Waals surface area contributed by atoms with Crippen molar-refractivity contribution >= 4 is 28.8 Å². The summed E-state index contributed by atoms with van der Waals surface area (Å²) in [5.41, 5.74) is 2.90. The number of aromatic nitrogens is 1. The lowest BCUT2D eigenvalue weighted by molar-refractivity contribution is -0.111. The largest absolute Gasteiger partial charge is 0.497 e. The van der Waals surface area contributed by atoms with Crippen LogP contribution in [0.2, 0.25) is 0 Å². The first kappa shape index (κ1) is 16.7. The zero-order valence-electron chi connectivity index (χ0n) is 14.5. The van der Waals surface area contributed by atoms with Crippen LogP contribution >= 0.6 is 0 Å². The first-order chi connectivity index (χ1) is 13.2. The number of hydrogen-bond acceptors (Lipinski definition) is 5. The molecule has 0 atom stereocenters. The number of nitrogens with one attached hydrogen (secondary N) is 1. The van der Waals surface area contributed by atoms with Gasteiger partial charge < -0.3 is 18.9 Å². The van der Waals surface area contributed by atoms with Crippen LogP contribution in [0.3, 0.4) is 0 Å². The summed E-state index contributed by atoms with van der Waals surface area (Å²) in [5.74, 6) is 1.61. The van der Waals surface area contributed by atoms with Gasteiger partial charge in [0.25, 0.3) is 0 Å². The molecule has 0 bridgehead atoms. The third kappa shape index (κ3) is 3.74. The SMILES string of the molecule is COc1ccc2oc(-c3ccc(NC(=O)C=Cc4ccco4)cc3)nc2c1. The van der Waals surface area contributed by atoms with Crippen LogP contribution in [0.15, 0.2) is 75.8 Å². The van der Waals surface area contributed by atoms with Crippen LogP contribution < -0.4 is 10.1 Å². The van der Waals surface area contributed by atoms with Gasteiger partial charge in [-0.1, -0.05) is 0 Å². The molecule has 0 saturated carbocycles. The average molecular weight is 360 g/mol. The number of ether oxygens (including phenoxy) is 1. The van der Waals surface area contributed by atoms with E-state index < -0.39 is 0 Å². The predicted octanol–water partition coefficient (Wildman–Crippen LogP) is 4.75. The van der Waals surface area contributed by atoms with Gasteiger partial charge >= 0.3 is 0 Å². The summed E-state index contributed by atoms with van der Waals surface area (Å²) >= 11 is 0. The molecule has 6 heteroatoms. The summed E-state index contributed by atoms with van der Waals surface area (Å²) in [6, 6.07) is 16.3. The monoisotopic (exact) mass is 360 g/mol. The number of oxazole rings is 1. The topological polar surface area (TPSA) is 77.5 Å². The Bertz CT molecular complexity index is 1090. The number of hydrogen-bond donors (Lipinski definition) is 1. The van der Waals surface area contributed by atoms with E-state index in [-0.39, 0.29) is 5.91 Å². The van der Waals surface area contributed by atoms with Gasteiger partial charge in [0.05, 0.1) is 13.4 Å². The minimum absolute atomic E-state index is 0.242. The lowest BCUT2D eigenvalue weighted by Gasteiger charge is -2.02. The number of amides is 1. The third-order valence-corrected chi connectivity index (χ3v) is 3.94. The van der Waals surface area contributed by atoms with Gasteiger partial charge in [0.1, 0.15) is 17.0 Å². The number of anilines is 1. The molecule has 134 valence electrons. The van der Waals surface area contributed by atoms with Crippen molar-refractivity contribution in [2.24, 2.45) is 0 Å². The Hall–Kier alpha value is -3.80. The minimum Gasteiger partial charge on any atom is -0.497 e. The van der Waals surface area contributed by atoms with Crippen LogP contribution in [-0.2, 0) is 4.79 Å². The number of rotatable bonds is 5. The van der Waals surface area contributed by atoms with E-state index in [1.807, 2.05) is 30.3 Å². The van der Waals surface area contributed by atoms with E-state index in [2.05, 4.69) is 10.3 Å². The molecule has 2 heterocycles. The molecular formula is C21H16N2O4. The maximum atomic E-state index is 12.0. The van der Waals surface area contributed by atoms with Crippen LogP contribution in [0.5, 0.6) is 5.75 Å². The van der Waals surface area contributed by atoms with Gasteiger partial charge in [-0.3, -0.25) is 4.79 Å². The number of methoxy groups -OCH3 is 1. The first-order valence-corrected chi connectivity index (χ1v) is 8.29. The van der Waals surface area contributed by atoms with E-state index in [0.717, 1.165) is 16.8 Å². The number of fused-ring (bicyclic) bond motifs is 1. The molecule has 1 amide bonds. The van der Waals surface area contributed by atoms with Crippen LogP contribution in [0, 0.1) is 0 Å². The molecule has 0 aliphatic carbocycles. The summed E-state index contributed by atoms with van der Waals surface area (Å²) < 4.78 is 16.1. The fraction of sp³-hybridized carbons (Fsp3) is 0.0476. The number of benzene rings is 2. The van der Waals surface area contributed by atoms with Crippen molar-refractivity contribution in [3.05, 3.63) is 72.7 Å². The lowest BCUT2D eigenvalue weighted by Crippen LogP contribution is -2.07. The van der Waals surface area contributed by atoms with Crippen molar-refractivity contribution in [1.29, 1.82) is 0 Å². The van der Waals surface area contributed by atoms with Gasteiger partial charge in [-0.25, -0.2) is 4.98 Å². The summed E-state index contributed by atoms with van der Waals surface area (Å²) in [6.45, 7) is 0. The second-order valence-corrected chi connectivity index (χ2v) is 5.77. The third-order valence-electron chi connectivity index (χ3n) is 3.94. The van der Waals surface area contributed by atoms with Crippen molar-refractivity contribution in [1.82, 2.24) is 4.98 Å². The Balaban J connectivity index is 1.48. The van der Waals surface area contributed by atoms with E-state index in [1.165, 1.54) is 6.08 Å². The van der Waals surface area contributed by atoms with E-state index >= 15 is 0 Å². The highest BCUT2D eigenvalue weighted by Gasteiger charge is 2.09. The molecule has 4 rings (SSSR count). The Morgan fingerprint density at radius 1 is 1.15 bits per heavy atom. The molecule has 0 aliphatic heterocycles. The fourth-order valence-electron chi connectivity index (χ4n) is 2.58. The standard InChI is InChI=1S/C21H16N2O4/c1-25-17-8-10-19-18(13-17)23-21(27-19)14-4-6-15(7-5-14)22-20(24)11-9-16-3-2-12-26-16/h2-13H,1H3,(H,22,24). The summed E-state index contributed by atoms with van der Waals surface area (Å²) in [7, 11) is 1.61. The fourth-order valence-corrected chi connectivity index (χ4v) is 2.58. The van der Waals surface area contributed by atoms with Gasteiger partial charge in [-0.15, -0.1) is 0 Å². The summed E-state index contributed by atoms with van der Waals surface area (Å²) in [5, 5.41) is 2.79. The Morgan fingerprint density at radius 3 is 2.74 bits per heavy atom. The Morgan fingerprint density at radius 2 is 2.00 bits per heavy atom. The average Bonchev–Trinajstić information content (AvgIpc) is 3.36.